The van der Waals surface area contributed by atoms with E-state index in [-0.39, 0.29) is 0 Å². The number of furan rings is 1. The van der Waals surface area contributed by atoms with E-state index in [0.717, 1.165) is 65.8 Å². The van der Waals surface area contributed by atoms with Crippen LogP contribution in [0.1, 0.15) is 16.7 Å². The van der Waals surface area contributed by atoms with Gasteiger partial charge in [0.2, 0.25) is 0 Å². The number of nitriles is 3. The standard InChI is InChI=1S/C39H19N5O/c40-20-23-9-12-36-30(15-23)28-5-1-3-7-34(28)43(36)26-11-14-38-32(18-26)33-19-27(17-25(22-42)39(33)45-38)44-35-8-4-2-6-29(35)31-16-24(21-41)10-13-37(31)44/h1-19H. The molecule has 0 N–H and O–H groups in total. The van der Waals surface area contributed by atoms with Crippen LogP contribution in [-0.4, -0.2) is 9.13 Å². The number of fused-ring (bicyclic) bond motifs is 9. The summed E-state index contributed by atoms with van der Waals surface area (Å²) in [6, 6.07) is 44.8. The van der Waals surface area contributed by atoms with Crippen molar-refractivity contribution in [1.29, 1.82) is 15.8 Å². The molecule has 6 aromatic carbocycles. The molecule has 0 atom stereocenters. The molecule has 45 heavy (non-hydrogen) atoms. The highest BCUT2D eigenvalue weighted by atomic mass is 16.3. The van der Waals surface area contributed by atoms with Gasteiger partial charge in [-0.2, -0.15) is 15.8 Å². The molecule has 3 heterocycles. The average molecular weight is 574 g/mol. The zero-order chi connectivity index (χ0) is 30.2. The molecule has 0 aliphatic carbocycles. The lowest BCUT2D eigenvalue weighted by Gasteiger charge is -2.10. The van der Waals surface area contributed by atoms with Gasteiger partial charge in [-0.05, 0) is 78.9 Å². The normalized spacial score (nSPS) is 11.5. The van der Waals surface area contributed by atoms with Crippen molar-refractivity contribution in [3.8, 4) is 29.6 Å². The minimum Gasteiger partial charge on any atom is -0.455 e. The SMILES string of the molecule is N#Cc1ccc2c(c1)c1ccccc1n2-c1ccc2oc3c(C#N)cc(-n4c5ccccc5c5cc(C#N)ccc54)cc3c2c1. The summed E-state index contributed by atoms with van der Waals surface area (Å²) in [6.45, 7) is 0. The van der Waals surface area contributed by atoms with Gasteiger partial charge in [-0.1, -0.05) is 36.4 Å². The van der Waals surface area contributed by atoms with E-state index in [1.807, 2.05) is 78.9 Å². The summed E-state index contributed by atoms with van der Waals surface area (Å²) >= 11 is 0. The van der Waals surface area contributed by atoms with Crippen molar-refractivity contribution < 1.29 is 4.42 Å². The van der Waals surface area contributed by atoms with Crippen LogP contribution in [0.3, 0.4) is 0 Å². The van der Waals surface area contributed by atoms with Crippen LogP contribution in [0.2, 0.25) is 0 Å². The molecule has 6 nitrogen and oxygen atoms in total. The Morgan fingerprint density at radius 1 is 0.444 bits per heavy atom. The zero-order valence-corrected chi connectivity index (χ0v) is 23.6. The quantitative estimate of drug-likeness (QED) is 0.206. The second kappa shape index (κ2) is 9.09. The molecule has 6 heteroatoms. The van der Waals surface area contributed by atoms with Gasteiger partial charge in [-0.25, -0.2) is 0 Å². The van der Waals surface area contributed by atoms with Crippen molar-refractivity contribution in [3.05, 3.63) is 132 Å². The van der Waals surface area contributed by atoms with Gasteiger partial charge in [0.1, 0.15) is 11.7 Å². The first-order valence-electron chi connectivity index (χ1n) is 14.4. The molecule has 9 aromatic rings. The molecule has 0 fully saturated rings. The molecule has 0 saturated heterocycles. The molecular weight excluding hydrogens is 554 g/mol. The Hall–Kier alpha value is -6.81. The molecule has 0 unspecified atom stereocenters. The molecule has 0 radical (unpaired) electrons. The summed E-state index contributed by atoms with van der Waals surface area (Å²) in [5.41, 5.74) is 8.66. The van der Waals surface area contributed by atoms with Crippen molar-refractivity contribution in [2.24, 2.45) is 0 Å². The van der Waals surface area contributed by atoms with Crippen LogP contribution in [0, 0.1) is 34.0 Å². The van der Waals surface area contributed by atoms with Gasteiger partial charge in [-0.3, -0.25) is 0 Å². The molecule has 0 bridgehead atoms. The Bertz CT molecular complexity index is 2860. The van der Waals surface area contributed by atoms with Crippen molar-refractivity contribution >= 4 is 65.6 Å². The Balaban J connectivity index is 1.34. The first kappa shape index (κ1) is 24.8. The lowest BCUT2D eigenvalue weighted by Crippen LogP contribution is -1.95. The number of rotatable bonds is 2. The highest BCUT2D eigenvalue weighted by Gasteiger charge is 2.19. The molecule has 0 spiro atoms. The van der Waals surface area contributed by atoms with E-state index in [4.69, 9.17) is 4.42 Å². The van der Waals surface area contributed by atoms with Crippen molar-refractivity contribution in [2.75, 3.05) is 0 Å². The average Bonchev–Trinajstić information content (AvgIpc) is 3.74. The topological polar surface area (TPSA) is 94.4 Å². The summed E-state index contributed by atoms with van der Waals surface area (Å²) in [6.07, 6.45) is 0. The number of benzene rings is 6. The Morgan fingerprint density at radius 2 is 1.00 bits per heavy atom. The fourth-order valence-electron chi connectivity index (χ4n) is 6.84. The second-order valence-corrected chi connectivity index (χ2v) is 11.2. The summed E-state index contributed by atoms with van der Waals surface area (Å²) in [5, 5.41) is 35.2. The summed E-state index contributed by atoms with van der Waals surface area (Å²) in [4.78, 5) is 0. The monoisotopic (exact) mass is 573 g/mol. The fourth-order valence-corrected chi connectivity index (χ4v) is 6.84. The predicted octanol–water partition coefficient (Wildman–Crippen LogP) is 9.40. The van der Waals surface area contributed by atoms with Crippen LogP contribution in [0.4, 0.5) is 0 Å². The van der Waals surface area contributed by atoms with E-state index >= 15 is 0 Å². The fraction of sp³-hybridized carbons (Fsp3) is 0. The Morgan fingerprint density at radius 3 is 1.60 bits per heavy atom. The zero-order valence-electron chi connectivity index (χ0n) is 23.6. The second-order valence-electron chi connectivity index (χ2n) is 11.2. The van der Waals surface area contributed by atoms with Crippen LogP contribution in [0.15, 0.2) is 120 Å². The van der Waals surface area contributed by atoms with Gasteiger partial charge < -0.3 is 13.6 Å². The van der Waals surface area contributed by atoms with Gasteiger partial charge in [0.25, 0.3) is 0 Å². The number of hydrogen-bond acceptors (Lipinski definition) is 4. The van der Waals surface area contributed by atoms with E-state index in [2.05, 4.69) is 63.7 Å². The highest BCUT2D eigenvalue weighted by Crippen LogP contribution is 2.39. The first-order valence-corrected chi connectivity index (χ1v) is 14.4. The van der Waals surface area contributed by atoms with Crippen LogP contribution in [0.5, 0.6) is 0 Å². The lowest BCUT2D eigenvalue weighted by atomic mass is 10.1. The van der Waals surface area contributed by atoms with Crippen molar-refractivity contribution in [3.63, 3.8) is 0 Å². The third-order valence-corrected chi connectivity index (χ3v) is 8.78. The minimum absolute atomic E-state index is 0.445. The summed E-state index contributed by atoms with van der Waals surface area (Å²) in [5.74, 6) is 0. The smallest absolute Gasteiger partial charge is 0.153 e. The van der Waals surface area contributed by atoms with Crippen LogP contribution < -0.4 is 0 Å². The number of nitrogens with zero attached hydrogens (tertiary/aromatic N) is 5. The molecule has 0 aliphatic heterocycles. The van der Waals surface area contributed by atoms with Gasteiger partial charge in [0.05, 0.1) is 50.9 Å². The van der Waals surface area contributed by atoms with Gasteiger partial charge >= 0.3 is 0 Å². The maximum absolute atomic E-state index is 10.3. The lowest BCUT2D eigenvalue weighted by molar-refractivity contribution is 0.667. The van der Waals surface area contributed by atoms with Crippen molar-refractivity contribution in [1.82, 2.24) is 9.13 Å². The highest BCUT2D eigenvalue weighted by molar-refractivity contribution is 6.13. The summed E-state index contributed by atoms with van der Waals surface area (Å²) < 4.78 is 10.7. The van der Waals surface area contributed by atoms with Gasteiger partial charge in [0, 0.05) is 43.7 Å². The molecule has 0 aliphatic rings. The van der Waals surface area contributed by atoms with E-state index in [9.17, 15) is 15.8 Å². The molecule has 0 saturated carbocycles. The van der Waals surface area contributed by atoms with Crippen LogP contribution in [-0.2, 0) is 0 Å². The molecule has 0 amide bonds. The number of aromatic nitrogens is 2. The van der Waals surface area contributed by atoms with Gasteiger partial charge in [0.15, 0.2) is 5.58 Å². The van der Waals surface area contributed by atoms with Crippen molar-refractivity contribution in [2.45, 2.75) is 0 Å². The number of para-hydroxylation sites is 2. The Labute approximate surface area is 256 Å². The van der Waals surface area contributed by atoms with E-state index in [0.29, 0.717) is 27.9 Å². The maximum atomic E-state index is 10.3. The number of hydrogen-bond donors (Lipinski definition) is 0. The molecule has 3 aromatic heterocycles. The first-order chi connectivity index (χ1) is 22.2. The van der Waals surface area contributed by atoms with E-state index in [1.54, 1.807) is 0 Å². The predicted molar refractivity (Wildman–Crippen MR) is 177 cm³/mol. The van der Waals surface area contributed by atoms with Crippen LogP contribution in [0.25, 0.3) is 76.9 Å². The van der Waals surface area contributed by atoms with E-state index < -0.39 is 0 Å². The molecule has 206 valence electrons. The molecule has 9 rings (SSSR count). The van der Waals surface area contributed by atoms with E-state index in [1.165, 1.54) is 0 Å². The van der Waals surface area contributed by atoms with Crippen LogP contribution >= 0.6 is 0 Å². The van der Waals surface area contributed by atoms with Gasteiger partial charge in [-0.15, -0.1) is 0 Å². The molecular formula is C39H19N5O. The minimum atomic E-state index is 0.445. The maximum Gasteiger partial charge on any atom is 0.153 e. The summed E-state index contributed by atoms with van der Waals surface area (Å²) in [7, 11) is 0. The largest absolute Gasteiger partial charge is 0.455 e. The third-order valence-electron chi connectivity index (χ3n) is 8.78. The third kappa shape index (κ3) is 3.41. The Kier molecular flexibility index (Phi) is 5.00.